The number of rotatable bonds is 4. The van der Waals surface area contributed by atoms with Gasteiger partial charge in [0.05, 0.1) is 25.5 Å². The summed E-state index contributed by atoms with van der Waals surface area (Å²) in [6.45, 7) is 0.174. The molecule has 6 nitrogen and oxygen atoms in total. The van der Waals surface area contributed by atoms with Crippen LogP contribution in [-0.4, -0.2) is 18.2 Å². The number of carbonyl (C=O) groups is 1. The molecule has 3 rings (SSSR count). The molecule has 0 aliphatic carbocycles. The summed E-state index contributed by atoms with van der Waals surface area (Å²) in [4.78, 5) is 22.8. The summed E-state index contributed by atoms with van der Waals surface area (Å²) in [6.07, 6.45) is 1.24. The second-order valence-corrected chi connectivity index (χ2v) is 6.06. The maximum absolute atomic E-state index is 11.4. The van der Waals surface area contributed by atoms with Crippen LogP contribution in [0.1, 0.15) is 27.2 Å². The van der Waals surface area contributed by atoms with E-state index in [-0.39, 0.29) is 12.3 Å². The number of hydrogen-bond acceptors (Lipinski definition) is 6. The molecule has 0 amide bonds. The molecule has 0 aliphatic rings. The maximum atomic E-state index is 11.4. The molecule has 0 saturated heterocycles. The van der Waals surface area contributed by atoms with Gasteiger partial charge in [0.1, 0.15) is 0 Å². The lowest BCUT2D eigenvalue weighted by Gasteiger charge is -2.06. The molecular weight excluding hydrogens is 382 g/mol. The Morgan fingerprint density at radius 3 is 2.20 bits per heavy atom. The summed E-state index contributed by atoms with van der Waals surface area (Å²) < 4.78 is 9.79. The van der Waals surface area contributed by atoms with Crippen molar-refractivity contribution in [3.8, 4) is 29.4 Å². The lowest BCUT2D eigenvalue weighted by molar-refractivity contribution is 0.0600. The van der Waals surface area contributed by atoms with Gasteiger partial charge in [-0.1, -0.05) is 11.8 Å². The smallest absolute Gasteiger partial charge is 0.337 e. The van der Waals surface area contributed by atoms with Crippen LogP contribution in [-0.2, 0) is 11.3 Å². The molecule has 2 aromatic carbocycles. The molecule has 0 aliphatic heterocycles. The highest BCUT2D eigenvalue weighted by Gasteiger charge is 2.07. The van der Waals surface area contributed by atoms with Gasteiger partial charge in [-0.3, -0.25) is 4.79 Å². The number of anilines is 1. The van der Waals surface area contributed by atoms with Crippen molar-refractivity contribution in [2.24, 2.45) is 0 Å². The van der Waals surface area contributed by atoms with Crippen molar-refractivity contribution in [2.45, 2.75) is 6.54 Å². The van der Waals surface area contributed by atoms with Gasteiger partial charge in [-0.2, -0.15) is 0 Å². The quantitative estimate of drug-likeness (QED) is 0.518. The van der Waals surface area contributed by atoms with E-state index in [0.29, 0.717) is 5.56 Å². The molecular formula is C24H17NO5. The molecule has 0 radical (unpaired) electrons. The Morgan fingerprint density at radius 1 is 1.00 bits per heavy atom. The van der Waals surface area contributed by atoms with Crippen molar-refractivity contribution < 1.29 is 19.1 Å². The van der Waals surface area contributed by atoms with Gasteiger partial charge >= 0.3 is 5.97 Å². The first kappa shape index (κ1) is 20.3. The minimum Gasteiger partial charge on any atom is -0.502 e. The van der Waals surface area contributed by atoms with E-state index in [0.717, 1.165) is 22.9 Å². The van der Waals surface area contributed by atoms with Crippen molar-refractivity contribution in [2.75, 3.05) is 12.4 Å². The molecule has 148 valence electrons. The standard InChI is InChI=1S/C24H17NO5/c1-29-24(28)19-10-6-17(7-11-19)4-2-3-5-18-8-12-20(13-9-18)25-16-22-23(27)21(26)14-15-30-22/h6-15,25,27H,16H2,1H3. The van der Waals surface area contributed by atoms with E-state index in [2.05, 4.69) is 33.7 Å². The largest absolute Gasteiger partial charge is 0.502 e. The van der Waals surface area contributed by atoms with Crippen LogP contribution in [0.15, 0.2) is 70.1 Å². The Balaban J connectivity index is 1.58. The highest BCUT2D eigenvalue weighted by atomic mass is 16.5. The summed E-state index contributed by atoms with van der Waals surface area (Å²) in [6, 6.07) is 15.2. The molecule has 2 N–H and O–H groups in total. The molecule has 1 heterocycles. The van der Waals surface area contributed by atoms with Gasteiger partial charge in [0.2, 0.25) is 11.2 Å². The molecule has 0 fully saturated rings. The zero-order chi connectivity index (χ0) is 21.3. The fourth-order valence-electron chi connectivity index (χ4n) is 2.44. The van der Waals surface area contributed by atoms with Gasteiger partial charge in [0.15, 0.2) is 5.76 Å². The Labute approximate surface area is 173 Å². The average molecular weight is 399 g/mol. The second kappa shape index (κ2) is 9.68. The third-order valence-corrected chi connectivity index (χ3v) is 4.05. The number of benzene rings is 2. The minimum atomic E-state index is -0.482. The van der Waals surface area contributed by atoms with Crippen LogP contribution in [0.25, 0.3) is 0 Å². The van der Waals surface area contributed by atoms with E-state index in [1.807, 2.05) is 24.3 Å². The van der Waals surface area contributed by atoms with Crippen LogP contribution >= 0.6 is 0 Å². The summed E-state index contributed by atoms with van der Waals surface area (Å²) in [5.74, 6) is 10.8. The van der Waals surface area contributed by atoms with Crippen LogP contribution in [0.3, 0.4) is 0 Å². The number of esters is 1. The van der Waals surface area contributed by atoms with Crippen LogP contribution in [0.4, 0.5) is 5.69 Å². The van der Waals surface area contributed by atoms with Gasteiger partial charge in [-0.25, -0.2) is 4.79 Å². The number of aromatic hydroxyl groups is 1. The first-order valence-corrected chi connectivity index (χ1v) is 8.91. The predicted molar refractivity (Wildman–Crippen MR) is 112 cm³/mol. The normalized spacial score (nSPS) is 9.50. The summed E-state index contributed by atoms with van der Waals surface area (Å²) in [5.41, 5.74) is 2.29. The van der Waals surface area contributed by atoms with E-state index in [1.54, 1.807) is 24.3 Å². The number of methoxy groups -OCH3 is 1. The van der Waals surface area contributed by atoms with E-state index in [4.69, 9.17) is 4.42 Å². The highest BCUT2D eigenvalue weighted by Crippen LogP contribution is 2.14. The van der Waals surface area contributed by atoms with E-state index in [1.165, 1.54) is 13.4 Å². The highest BCUT2D eigenvalue weighted by molar-refractivity contribution is 5.89. The fraction of sp³-hybridized carbons (Fsp3) is 0.0833. The molecule has 0 saturated carbocycles. The Bertz CT molecular complexity index is 1220. The van der Waals surface area contributed by atoms with Crippen molar-refractivity contribution in [1.29, 1.82) is 0 Å². The Morgan fingerprint density at radius 2 is 1.60 bits per heavy atom. The van der Waals surface area contributed by atoms with Crippen molar-refractivity contribution in [3.05, 3.63) is 93.5 Å². The molecule has 6 heteroatoms. The number of nitrogens with one attached hydrogen (secondary N) is 1. The van der Waals surface area contributed by atoms with Gasteiger partial charge < -0.3 is 19.6 Å². The first-order chi connectivity index (χ1) is 14.6. The third-order valence-electron chi connectivity index (χ3n) is 4.05. The van der Waals surface area contributed by atoms with Gasteiger partial charge in [-0.05, 0) is 60.4 Å². The van der Waals surface area contributed by atoms with Crippen molar-refractivity contribution >= 4 is 11.7 Å². The van der Waals surface area contributed by atoms with Gasteiger partial charge in [0.25, 0.3) is 0 Å². The predicted octanol–water partition coefficient (Wildman–Crippen LogP) is 3.15. The van der Waals surface area contributed by atoms with Crippen molar-refractivity contribution in [1.82, 2.24) is 0 Å². The van der Waals surface area contributed by atoms with E-state index < -0.39 is 17.1 Å². The Hall–Kier alpha value is -4.42. The topological polar surface area (TPSA) is 88.8 Å². The second-order valence-electron chi connectivity index (χ2n) is 6.06. The first-order valence-electron chi connectivity index (χ1n) is 8.91. The Kier molecular flexibility index (Phi) is 6.55. The average Bonchev–Trinajstić information content (AvgIpc) is 2.78. The molecule has 0 spiro atoms. The zero-order valence-corrected chi connectivity index (χ0v) is 16.1. The van der Waals surface area contributed by atoms with E-state index >= 15 is 0 Å². The zero-order valence-electron chi connectivity index (χ0n) is 16.1. The fourth-order valence-corrected chi connectivity index (χ4v) is 2.44. The van der Waals surface area contributed by atoms with Gasteiger partial charge in [-0.15, -0.1) is 0 Å². The maximum Gasteiger partial charge on any atom is 0.337 e. The summed E-state index contributed by atoms with van der Waals surface area (Å²) in [7, 11) is 1.33. The molecule has 30 heavy (non-hydrogen) atoms. The molecule has 0 unspecified atom stereocenters. The number of hydrogen-bond donors (Lipinski definition) is 2. The number of carbonyl (C=O) groups excluding carboxylic acids is 1. The van der Waals surface area contributed by atoms with Gasteiger partial charge in [0, 0.05) is 22.9 Å². The van der Waals surface area contributed by atoms with Crippen LogP contribution in [0.2, 0.25) is 0 Å². The number of ether oxygens (including phenoxy) is 1. The molecule has 1 aromatic heterocycles. The summed E-state index contributed by atoms with van der Waals surface area (Å²) in [5, 5.41) is 12.7. The van der Waals surface area contributed by atoms with Crippen LogP contribution < -0.4 is 10.7 Å². The van der Waals surface area contributed by atoms with Crippen LogP contribution in [0, 0.1) is 23.7 Å². The molecule has 3 aromatic rings. The lowest BCUT2D eigenvalue weighted by atomic mass is 10.1. The van der Waals surface area contributed by atoms with Crippen LogP contribution in [0.5, 0.6) is 5.75 Å². The minimum absolute atomic E-state index is 0.168. The molecule has 0 bridgehead atoms. The molecule has 0 atom stereocenters. The third kappa shape index (κ3) is 5.31. The monoisotopic (exact) mass is 399 g/mol. The lowest BCUT2D eigenvalue weighted by Crippen LogP contribution is -2.05. The van der Waals surface area contributed by atoms with E-state index in [9.17, 15) is 14.7 Å². The SMILES string of the molecule is COC(=O)c1ccc(C#CC#Cc2ccc(NCc3occc(=O)c3O)cc2)cc1. The van der Waals surface area contributed by atoms with Crippen molar-refractivity contribution in [3.63, 3.8) is 0 Å². The summed E-state index contributed by atoms with van der Waals surface area (Å²) >= 11 is 0.